The number of carbonyl (C=O) groups excluding carboxylic acids is 1. The molecule has 0 aliphatic carbocycles. The van der Waals surface area contributed by atoms with E-state index in [1.54, 1.807) is 36.2 Å². The fraction of sp³-hybridized carbons (Fsp3) is 0.231. The summed E-state index contributed by atoms with van der Waals surface area (Å²) < 4.78 is 0. The lowest BCUT2D eigenvalue weighted by Crippen LogP contribution is -2.34. The van der Waals surface area contributed by atoms with Crippen LogP contribution in [0.4, 0.5) is 5.69 Å². The van der Waals surface area contributed by atoms with Gasteiger partial charge in [0.15, 0.2) is 0 Å². The summed E-state index contributed by atoms with van der Waals surface area (Å²) in [5, 5.41) is 20.8. The Morgan fingerprint density at radius 1 is 1.42 bits per heavy atom. The average molecular weight is 253 g/mol. The lowest BCUT2D eigenvalue weighted by atomic mass is 9.99. The number of nitriles is 2. The van der Waals surface area contributed by atoms with Crippen LogP contribution in [0.3, 0.4) is 0 Å². The van der Waals surface area contributed by atoms with E-state index in [0.717, 1.165) is 12.0 Å². The summed E-state index contributed by atoms with van der Waals surface area (Å²) in [7, 11) is 1.76. The van der Waals surface area contributed by atoms with Crippen LogP contribution < -0.4 is 5.43 Å². The molecule has 6 heteroatoms. The summed E-state index contributed by atoms with van der Waals surface area (Å²) in [6.07, 6.45) is 0.822. The molecule has 1 heterocycles. The minimum Gasteiger partial charge on any atom is -0.341 e. The molecular weight excluding hydrogens is 242 g/mol. The van der Waals surface area contributed by atoms with Crippen molar-refractivity contribution in [2.45, 2.75) is 6.42 Å². The van der Waals surface area contributed by atoms with Crippen molar-refractivity contribution in [1.82, 2.24) is 4.90 Å². The molecule has 1 aliphatic rings. The quantitative estimate of drug-likeness (QED) is 0.631. The molecule has 94 valence electrons. The summed E-state index contributed by atoms with van der Waals surface area (Å²) in [6, 6.07) is 8.62. The Bertz CT molecular complexity index is 619. The van der Waals surface area contributed by atoms with Gasteiger partial charge >= 0.3 is 0 Å². The van der Waals surface area contributed by atoms with Gasteiger partial charge in [0, 0.05) is 19.2 Å². The largest absolute Gasteiger partial charge is 0.341 e. The predicted molar refractivity (Wildman–Crippen MR) is 69.4 cm³/mol. The van der Waals surface area contributed by atoms with E-state index < -0.39 is 0 Å². The normalized spacial score (nSPS) is 13.0. The van der Waals surface area contributed by atoms with Crippen LogP contribution in [0.25, 0.3) is 0 Å². The van der Waals surface area contributed by atoms with Gasteiger partial charge in [0.25, 0.3) is 5.91 Å². The highest BCUT2D eigenvalue weighted by molar-refractivity contribution is 6.10. The van der Waals surface area contributed by atoms with Gasteiger partial charge in [-0.15, -0.1) is 0 Å². The number of nitrogens with one attached hydrogen (secondary N) is 1. The van der Waals surface area contributed by atoms with E-state index in [1.165, 1.54) is 0 Å². The number of anilines is 1. The van der Waals surface area contributed by atoms with Crippen molar-refractivity contribution in [2.75, 3.05) is 19.0 Å². The fourth-order valence-electron chi connectivity index (χ4n) is 1.85. The van der Waals surface area contributed by atoms with Gasteiger partial charge in [-0.3, -0.25) is 10.2 Å². The molecule has 1 amide bonds. The van der Waals surface area contributed by atoms with Crippen LogP contribution in [0, 0.1) is 22.7 Å². The number of rotatable bonds is 2. The van der Waals surface area contributed by atoms with Gasteiger partial charge < -0.3 is 4.90 Å². The number of carbonyl (C=O) groups is 1. The van der Waals surface area contributed by atoms with Gasteiger partial charge in [0.05, 0.1) is 5.69 Å². The molecule has 0 atom stereocenters. The Hall–Kier alpha value is -2.86. The second kappa shape index (κ2) is 5.19. The van der Waals surface area contributed by atoms with Crippen LogP contribution in [0.1, 0.15) is 15.9 Å². The minimum atomic E-state index is -0.263. The number of nitrogens with zero attached hydrogens (tertiary/aromatic N) is 4. The molecule has 0 saturated heterocycles. The molecule has 0 unspecified atom stereocenters. The summed E-state index contributed by atoms with van der Waals surface area (Å²) in [5.41, 5.74) is 4.54. The number of likely N-dealkylation sites (N-methyl/N-ethyl adjacent to an activating group) is 1. The van der Waals surface area contributed by atoms with Gasteiger partial charge in [-0.1, -0.05) is 6.07 Å². The van der Waals surface area contributed by atoms with Crippen LogP contribution in [-0.4, -0.2) is 30.1 Å². The van der Waals surface area contributed by atoms with Crippen molar-refractivity contribution in [3.8, 4) is 12.1 Å². The summed E-state index contributed by atoms with van der Waals surface area (Å²) in [5.74, 6) is -0.0327. The maximum absolute atomic E-state index is 12.0. The van der Waals surface area contributed by atoms with Gasteiger partial charge in [-0.25, -0.2) is 0 Å². The Labute approximate surface area is 110 Å². The van der Waals surface area contributed by atoms with Crippen molar-refractivity contribution < 1.29 is 4.79 Å². The number of hydrazone groups is 1. The molecule has 1 aliphatic heterocycles. The Balaban J connectivity index is 2.27. The van der Waals surface area contributed by atoms with E-state index >= 15 is 0 Å². The van der Waals surface area contributed by atoms with Crippen molar-refractivity contribution in [3.63, 3.8) is 0 Å². The highest BCUT2D eigenvalue weighted by Crippen LogP contribution is 2.21. The first kappa shape index (κ1) is 12.6. The monoisotopic (exact) mass is 253 g/mol. The number of hydrogen-bond donors (Lipinski definition) is 1. The van der Waals surface area contributed by atoms with Crippen LogP contribution in [0.15, 0.2) is 23.3 Å². The molecule has 0 aromatic heterocycles. The summed E-state index contributed by atoms with van der Waals surface area (Å²) in [4.78, 5) is 13.6. The van der Waals surface area contributed by atoms with Crippen molar-refractivity contribution >= 4 is 17.3 Å². The number of hydrogen-bond acceptors (Lipinski definition) is 5. The molecule has 0 spiro atoms. The molecule has 0 fully saturated rings. The summed E-state index contributed by atoms with van der Waals surface area (Å²) in [6.45, 7) is 0.712. The highest BCUT2D eigenvalue weighted by Gasteiger charge is 2.21. The van der Waals surface area contributed by atoms with Crippen molar-refractivity contribution in [1.29, 1.82) is 10.5 Å². The minimum absolute atomic E-state index is 0.0327. The summed E-state index contributed by atoms with van der Waals surface area (Å²) >= 11 is 0. The number of fused-ring (bicyclic) bond motifs is 1. The fourth-order valence-corrected chi connectivity index (χ4v) is 1.85. The molecule has 0 saturated carbocycles. The molecule has 0 bridgehead atoms. The van der Waals surface area contributed by atoms with Crippen molar-refractivity contribution in [2.24, 2.45) is 5.10 Å². The highest BCUT2D eigenvalue weighted by atomic mass is 16.2. The molecule has 2 rings (SSSR count). The van der Waals surface area contributed by atoms with Gasteiger partial charge in [0.2, 0.25) is 5.71 Å². The molecule has 19 heavy (non-hydrogen) atoms. The maximum Gasteiger partial charge on any atom is 0.253 e. The topological polar surface area (TPSA) is 92.3 Å². The standard InChI is InChI=1S/C13H11N5O/c1-18-5-4-9-2-3-10(6-12(9)13(18)19)16-17-11(7-14)8-15/h2-3,6,16H,4-5H2,1H3. The third-order valence-corrected chi connectivity index (χ3v) is 2.91. The van der Waals surface area contributed by atoms with Crippen LogP contribution in [0.5, 0.6) is 0 Å². The Morgan fingerprint density at radius 3 is 2.84 bits per heavy atom. The smallest absolute Gasteiger partial charge is 0.253 e. The first-order valence-corrected chi connectivity index (χ1v) is 5.68. The van der Waals surface area contributed by atoms with E-state index in [4.69, 9.17) is 10.5 Å². The lowest BCUT2D eigenvalue weighted by molar-refractivity contribution is 0.0781. The van der Waals surface area contributed by atoms with E-state index in [-0.39, 0.29) is 11.6 Å². The van der Waals surface area contributed by atoms with E-state index in [0.29, 0.717) is 17.8 Å². The molecule has 1 aromatic rings. The predicted octanol–water partition coefficient (Wildman–Crippen LogP) is 1.13. The average Bonchev–Trinajstić information content (AvgIpc) is 2.44. The molecule has 0 radical (unpaired) electrons. The number of amides is 1. The van der Waals surface area contributed by atoms with Crippen LogP contribution in [0.2, 0.25) is 0 Å². The lowest BCUT2D eigenvalue weighted by Gasteiger charge is -2.25. The maximum atomic E-state index is 12.0. The molecule has 1 aromatic carbocycles. The molecular formula is C13H11N5O. The molecule has 1 N–H and O–H groups in total. The zero-order valence-electron chi connectivity index (χ0n) is 10.3. The van der Waals surface area contributed by atoms with E-state index in [2.05, 4.69) is 10.5 Å². The number of benzene rings is 1. The SMILES string of the molecule is CN1CCc2ccc(NN=C(C#N)C#N)cc2C1=O. The zero-order valence-corrected chi connectivity index (χ0v) is 10.3. The van der Waals surface area contributed by atoms with Crippen LogP contribution >= 0.6 is 0 Å². The third kappa shape index (κ3) is 2.53. The Kier molecular flexibility index (Phi) is 3.44. The third-order valence-electron chi connectivity index (χ3n) is 2.91. The van der Waals surface area contributed by atoms with E-state index in [1.807, 2.05) is 6.07 Å². The first-order chi connectivity index (χ1) is 9.15. The van der Waals surface area contributed by atoms with Gasteiger partial charge in [-0.05, 0) is 24.1 Å². The van der Waals surface area contributed by atoms with Crippen molar-refractivity contribution in [3.05, 3.63) is 29.3 Å². The second-order valence-corrected chi connectivity index (χ2v) is 4.14. The zero-order chi connectivity index (χ0) is 13.8. The Morgan fingerprint density at radius 2 is 2.16 bits per heavy atom. The molecule has 6 nitrogen and oxygen atoms in total. The van der Waals surface area contributed by atoms with Crippen LogP contribution in [-0.2, 0) is 6.42 Å². The van der Waals surface area contributed by atoms with Gasteiger partial charge in [-0.2, -0.15) is 15.6 Å². The first-order valence-electron chi connectivity index (χ1n) is 5.68. The van der Waals surface area contributed by atoms with Gasteiger partial charge in [0.1, 0.15) is 12.1 Å². The van der Waals surface area contributed by atoms with E-state index in [9.17, 15) is 4.79 Å². The second-order valence-electron chi connectivity index (χ2n) is 4.14.